The molecule has 23 heavy (non-hydrogen) atoms. The molecule has 1 atom stereocenters. The number of urea groups is 1. The van der Waals surface area contributed by atoms with Gasteiger partial charge >= 0.3 is 6.03 Å². The van der Waals surface area contributed by atoms with Crippen molar-refractivity contribution in [2.24, 2.45) is 0 Å². The van der Waals surface area contributed by atoms with Crippen LogP contribution in [-0.2, 0) is 17.8 Å². The molecule has 124 valence electrons. The highest BCUT2D eigenvalue weighted by atomic mass is 35.5. The minimum atomic E-state index is -0.498. The molecule has 2 N–H and O–H groups in total. The van der Waals surface area contributed by atoms with Gasteiger partial charge in [-0.3, -0.25) is 4.79 Å². The molecule has 0 spiro atoms. The van der Waals surface area contributed by atoms with E-state index >= 15 is 0 Å². The van der Waals surface area contributed by atoms with E-state index in [-0.39, 0.29) is 11.9 Å². The van der Waals surface area contributed by atoms with Crippen LogP contribution in [0.1, 0.15) is 30.4 Å². The third kappa shape index (κ3) is 3.58. The first-order valence-electron chi connectivity index (χ1n) is 7.84. The number of hydrogen-bond donors (Lipinski definition) is 2. The molecule has 1 fully saturated rings. The van der Waals surface area contributed by atoms with Crippen molar-refractivity contribution in [1.29, 1.82) is 0 Å². The molecule has 3 amide bonds. The van der Waals surface area contributed by atoms with Gasteiger partial charge in [0.2, 0.25) is 5.91 Å². The summed E-state index contributed by atoms with van der Waals surface area (Å²) in [6.07, 6.45) is 3.04. The summed E-state index contributed by atoms with van der Waals surface area (Å²) in [7, 11) is 0. The summed E-state index contributed by atoms with van der Waals surface area (Å²) in [5.41, 5.74) is 1.62. The number of halogens is 2. The average Bonchev–Trinajstić information content (AvgIpc) is 2.71. The summed E-state index contributed by atoms with van der Waals surface area (Å²) in [6, 6.07) is 1.92. The Balaban J connectivity index is 1.68. The van der Waals surface area contributed by atoms with Crippen molar-refractivity contribution in [2.75, 3.05) is 13.1 Å². The fourth-order valence-electron chi connectivity index (χ4n) is 3.10. The number of fused-ring (bicyclic) bond motifs is 1. The van der Waals surface area contributed by atoms with Gasteiger partial charge < -0.3 is 15.5 Å². The predicted octanol–water partition coefficient (Wildman–Crippen LogP) is 2.22. The Kier molecular flexibility index (Phi) is 4.71. The second-order valence-corrected chi connectivity index (χ2v) is 6.39. The summed E-state index contributed by atoms with van der Waals surface area (Å²) in [4.78, 5) is 25.9. The lowest BCUT2D eigenvalue weighted by Gasteiger charge is -2.30. The first-order valence-corrected chi connectivity index (χ1v) is 8.22. The van der Waals surface area contributed by atoms with Crippen molar-refractivity contribution in [1.82, 2.24) is 15.5 Å². The van der Waals surface area contributed by atoms with E-state index < -0.39 is 11.9 Å². The van der Waals surface area contributed by atoms with E-state index in [1.165, 1.54) is 12.1 Å². The van der Waals surface area contributed by atoms with Crippen LogP contribution in [0.15, 0.2) is 12.1 Å². The molecular weight excluding hydrogens is 321 g/mol. The third-order valence-corrected chi connectivity index (χ3v) is 4.70. The van der Waals surface area contributed by atoms with Gasteiger partial charge in [-0.25, -0.2) is 9.18 Å². The molecule has 3 rings (SSSR count). The Labute approximate surface area is 139 Å². The maximum Gasteiger partial charge on any atom is 0.318 e. The topological polar surface area (TPSA) is 61.4 Å². The lowest BCUT2D eigenvalue weighted by Crippen LogP contribution is -2.51. The molecule has 1 unspecified atom stereocenters. The van der Waals surface area contributed by atoms with Gasteiger partial charge in [-0.2, -0.15) is 0 Å². The van der Waals surface area contributed by atoms with Crippen molar-refractivity contribution in [3.63, 3.8) is 0 Å². The molecule has 1 aromatic carbocycles. The van der Waals surface area contributed by atoms with E-state index in [4.69, 9.17) is 11.6 Å². The van der Waals surface area contributed by atoms with Gasteiger partial charge in [-0.15, -0.1) is 0 Å². The Hall–Kier alpha value is -1.82. The Bertz CT molecular complexity index is 638. The number of hydrogen-bond acceptors (Lipinski definition) is 2. The maximum atomic E-state index is 13.5. The average molecular weight is 340 g/mol. The lowest BCUT2D eigenvalue weighted by molar-refractivity contribution is -0.122. The number of nitrogens with one attached hydrogen (secondary N) is 2. The summed E-state index contributed by atoms with van der Waals surface area (Å²) in [5.74, 6) is -0.540. The lowest BCUT2D eigenvalue weighted by atomic mass is 9.99. The quantitative estimate of drug-likeness (QED) is 0.824. The van der Waals surface area contributed by atoms with Crippen LogP contribution in [0.25, 0.3) is 0 Å². The van der Waals surface area contributed by atoms with E-state index in [1.807, 2.05) is 0 Å². The van der Waals surface area contributed by atoms with Crippen molar-refractivity contribution >= 4 is 23.5 Å². The molecule has 0 aromatic heterocycles. The first kappa shape index (κ1) is 16.1. The van der Waals surface area contributed by atoms with E-state index in [2.05, 4.69) is 10.6 Å². The minimum absolute atomic E-state index is 0.137. The van der Waals surface area contributed by atoms with Crippen molar-refractivity contribution in [2.45, 2.75) is 38.3 Å². The van der Waals surface area contributed by atoms with Crippen molar-refractivity contribution in [3.05, 3.63) is 34.1 Å². The molecular formula is C16H19ClFN3O2. The molecule has 2 aliphatic heterocycles. The number of amides is 3. The van der Waals surface area contributed by atoms with Crippen LogP contribution < -0.4 is 10.6 Å². The number of nitrogens with zero attached hydrogens (tertiary/aromatic N) is 1. The van der Waals surface area contributed by atoms with Gasteiger partial charge in [-0.05, 0) is 48.9 Å². The van der Waals surface area contributed by atoms with E-state index in [9.17, 15) is 14.0 Å². The van der Waals surface area contributed by atoms with Crippen LogP contribution >= 0.6 is 11.6 Å². The highest BCUT2D eigenvalue weighted by Gasteiger charge is 2.27. The molecule has 0 radical (unpaired) electrons. The fraction of sp³-hybridized carbons (Fsp3) is 0.500. The number of rotatable bonds is 1. The highest BCUT2D eigenvalue weighted by Crippen LogP contribution is 2.27. The van der Waals surface area contributed by atoms with Crippen molar-refractivity contribution < 1.29 is 14.0 Å². The number of carbonyl (C=O) groups excluding carboxylic acids is 2. The zero-order valence-corrected chi connectivity index (χ0v) is 13.5. The standard InChI is InChI=1S/C16H19ClFN3O2/c17-13-8-11(18)7-10-9-21(6-4-12(10)13)16(23)20-14-3-1-2-5-19-15(14)22/h7-8,14H,1-6,9H2,(H,19,22)(H,20,23). The molecule has 2 aliphatic rings. The number of benzene rings is 1. The summed E-state index contributed by atoms with van der Waals surface area (Å²) in [5, 5.41) is 5.99. The molecule has 5 nitrogen and oxygen atoms in total. The number of carbonyl (C=O) groups is 2. The van der Waals surface area contributed by atoms with Crippen LogP contribution in [0.5, 0.6) is 0 Å². The van der Waals surface area contributed by atoms with E-state index in [0.29, 0.717) is 37.5 Å². The van der Waals surface area contributed by atoms with Gasteiger partial charge in [0, 0.05) is 24.7 Å². The second-order valence-electron chi connectivity index (χ2n) is 5.99. The van der Waals surface area contributed by atoms with Crippen LogP contribution in [-0.4, -0.2) is 36.0 Å². The maximum absolute atomic E-state index is 13.5. The van der Waals surface area contributed by atoms with Crippen LogP contribution in [0, 0.1) is 5.82 Å². The fourth-order valence-corrected chi connectivity index (χ4v) is 3.42. The minimum Gasteiger partial charge on any atom is -0.354 e. The third-order valence-electron chi connectivity index (χ3n) is 4.37. The Morgan fingerprint density at radius 1 is 1.39 bits per heavy atom. The van der Waals surface area contributed by atoms with E-state index in [0.717, 1.165) is 24.0 Å². The van der Waals surface area contributed by atoms with Gasteiger partial charge in [0.1, 0.15) is 11.9 Å². The molecule has 0 bridgehead atoms. The first-order chi connectivity index (χ1) is 11.0. The van der Waals surface area contributed by atoms with Gasteiger partial charge in [0.25, 0.3) is 0 Å². The Morgan fingerprint density at radius 3 is 3.04 bits per heavy atom. The largest absolute Gasteiger partial charge is 0.354 e. The van der Waals surface area contributed by atoms with E-state index in [1.54, 1.807) is 4.90 Å². The summed E-state index contributed by atoms with van der Waals surface area (Å²) >= 11 is 6.06. The smallest absolute Gasteiger partial charge is 0.318 e. The molecule has 1 aromatic rings. The van der Waals surface area contributed by atoms with Crippen LogP contribution in [0.4, 0.5) is 9.18 Å². The highest BCUT2D eigenvalue weighted by molar-refractivity contribution is 6.31. The zero-order chi connectivity index (χ0) is 16.4. The van der Waals surface area contributed by atoms with Crippen LogP contribution in [0.2, 0.25) is 5.02 Å². The summed E-state index contributed by atoms with van der Waals surface area (Å²) < 4.78 is 13.5. The normalized spacial score (nSPS) is 21.2. The van der Waals surface area contributed by atoms with Crippen LogP contribution in [0.3, 0.4) is 0 Å². The Morgan fingerprint density at radius 2 is 2.22 bits per heavy atom. The SMILES string of the molecule is O=C1NCCCCC1NC(=O)N1CCc2c(Cl)cc(F)cc2C1. The molecule has 0 saturated carbocycles. The predicted molar refractivity (Wildman–Crippen MR) is 84.7 cm³/mol. The van der Waals surface area contributed by atoms with Gasteiger partial charge in [0.15, 0.2) is 0 Å². The molecule has 2 heterocycles. The molecule has 7 heteroatoms. The molecule has 1 saturated heterocycles. The monoisotopic (exact) mass is 339 g/mol. The van der Waals surface area contributed by atoms with Gasteiger partial charge in [0.05, 0.1) is 0 Å². The van der Waals surface area contributed by atoms with Crippen molar-refractivity contribution in [3.8, 4) is 0 Å². The second kappa shape index (κ2) is 6.74. The van der Waals surface area contributed by atoms with Gasteiger partial charge in [-0.1, -0.05) is 11.6 Å². The summed E-state index contributed by atoms with van der Waals surface area (Å²) in [6.45, 7) is 1.45. The molecule has 0 aliphatic carbocycles. The zero-order valence-electron chi connectivity index (χ0n) is 12.7.